The Bertz CT molecular complexity index is 1420. The minimum atomic E-state index is -0.604. The first kappa shape index (κ1) is 26.2. The molecule has 2 fully saturated rings. The van der Waals surface area contributed by atoms with Crippen LogP contribution in [0.3, 0.4) is 0 Å². The Morgan fingerprint density at radius 3 is 2.59 bits per heavy atom. The molecule has 3 amide bonds. The van der Waals surface area contributed by atoms with Crippen molar-refractivity contribution in [3.05, 3.63) is 60.0 Å². The van der Waals surface area contributed by atoms with Crippen LogP contribution in [0.15, 0.2) is 48.7 Å². The van der Waals surface area contributed by atoms with Crippen LogP contribution in [0.5, 0.6) is 5.75 Å². The van der Waals surface area contributed by atoms with Crippen LogP contribution in [0.25, 0.3) is 10.9 Å². The van der Waals surface area contributed by atoms with Crippen molar-refractivity contribution in [2.45, 2.75) is 13.0 Å². The van der Waals surface area contributed by atoms with E-state index in [9.17, 15) is 14.4 Å². The van der Waals surface area contributed by atoms with E-state index in [4.69, 9.17) is 9.47 Å². The zero-order valence-electron chi connectivity index (χ0n) is 22.1. The average molecular weight is 536 g/mol. The topological polar surface area (TPSA) is 95.5 Å². The molecule has 1 atom stereocenters. The van der Waals surface area contributed by atoms with Crippen LogP contribution < -0.4 is 14.5 Å². The summed E-state index contributed by atoms with van der Waals surface area (Å²) in [4.78, 5) is 48.3. The number of halogens is 1. The molecule has 1 aromatic heterocycles. The summed E-state index contributed by atoms with van der Waals surface area (Å²) in [7, 11) is 3.12. The van der Waals surface area contributed by atoms with Gasteiger partial charge in [-0.1, -0.05) is 12.1 Å². The van der Waals surface area contributed by atoms with Crippen LogP contribution in [-0.2, 0) is 9.53 Å². The highest BCUT2D eigenvalue weighted by atomic mass is 19.1. The molecule has 0 radical (unpaired) electrons. The van der Waals surface area contributed by atoms with Gasteiger partial charge in [-0.2, -0.15) is 0 Å². The average Bonchev–Trinajstić information content (AvgIpc) is 3.31. The van der Waals surface area contributed by atoms with Crippen LogP contribution in [-0.4, -0.2) is 92.2 Å². The van der Waals surface area contributed by atoms with E-state index in [0.29, 0.717) is 54.4 Å². The quantitative estimate of drug-likeness (QED) is 0.479. The maximum absolute atomic E-state index is 15.1. The molecule has 2 aliphatic heterocycles. The predicted molar refractivity (Wildman–Crippen MR) is 144 cm³/mol. The lowest BCUT2D eigenvalue weighted by atomic mass is 10.1. The third-order valence-electron chi connectivity index (χ3n) is 7.17. The number of hydrogen-bond donors (Lipinski definition) is 0. The number of methoxy groups -OCH3 is 1. The number of likely N-dealkylation sites (N-methyl/N-ethyl adjacent to an activating group) is 1. The van der Waals surface area contributed by atoms with Gasteiger partial charge in [0.1, 0.15) is 23.2 Å². The fourth-order valence-corrected chi connectivity index (χ4v) is 5.09. The number of aromatic nitrogens is 1. The minimum absolute atomic E-state index is 0.00739. The van der Waals surface area contributed by atoms with E-state index in [1.807, 2.05) is 29.2 Å². The maximum Gasteiger partial charge on any atom is 0.414 e. The smallest absolute Gasteiger partial charge is 0.414 e. The van der Waals surface area contributed by atoms with Crippen LogP contribution >= 0.6 is 0 Å². The molecular weight excluding hydrogens is 505 g/mol. The fourth-order valence-electron chi connectivity index (χ4n) is 5.09. The van der Waals surface area contributed by atoms with Gasteiger partial charge in [0, 0.05) is 51.7 Å². The number of nitrogens with zero attached hydrogens (tertiary/aromatic N) is 5. The summed E-state index contributed by atoms with van der Waals surface area (Å²) in [5.74, 6) is -0.336. The number of fused-ring (bicyclic) bond motifs is 1. The Hall–Kier alpha value is -4.41. The third kappa shape index (κ3) is 5.16. The monoisotopic (exact) mass is 535 g/mol. The molecule has 2 saturated heterocycles. The van der Waals surface area contributed by atoms with Gasteiger partial charge in [0.05, 0.1) is 37.1 Å². The lowest BCUT2D eigenvalue weighted by molar-refractivity contribution is -0.129. The molecule has 2 aliphatic rings. The highest BCUT2D eigenvalue weighted by Crippen LogP contribution is 2.31. The molecule has 10 nitrogen and oxygen atoms in total. The number of carbonyl (C=O) groups excluding carboxylic acids is 3. The molecule has 11 heteroatoms. The van der Waals surface area contributed by atoms with E-state index in [0.717, 1.165) is 5.39 Å². The number of amides is 3. The van der Waals surface area contributed by atoms with Crippen molar-refractivity contribution in [3.8, 4) is 5.75 Å². The summed E-state index contributed by atoms with van der Waals surface area (Å²) in [5, 5.41) is 0.726. The first-order chi connectivity index (χ1) is 18.8. The molecular formula is C28H30FN5O5. The molecule has 204 valence electrons. The van der Waals surface area contributed by atoms with Gasteiger partial charge in [-0.25, -0.2) is 9.18 Å². The number of cyclic esters (lactones) is 1. The number of pyridine rings is 1. The number of piperazine rings is 1. The Balaban J connectivity index is 1.25. The molecule has 0 saturated carbocycles. The Labute approximate surface area is 225 Å². The maximum atomic E-state index is 15.1. The van der Waals surface area contributed by atoms with Gasteiger partial charge >= 0.3 is 6.09 Å². The summed E-state index contributed by atoms with van der Waals surface area (Å²) in [6.45, 7) is 3.95. The molecule has 0 unspecified atom stereocenters. The van der Waals surface area contributed by atoms with Crippen molar-refractivity contribution in [2.24, 2.45) is 0 Å². The van der Waals surface area contributed by atoms with Crippen LogP contribution in [0.4, 0.5) is 20.6 Å². The molecule has 0 bridgehead atoms. The van der Waals surface area contributed by atoms with Gasteiger partial charge in [-0.15, -0.1) is 0 Å². The Kier molecular flexibility index (Phi) is 7.23. The van der Waals surface area contributed by atoms with E-state index < -0.39 is 18.0 Å². The van der Waals surface area contributed by atoms with E-state index in [2.05, 4.69) is 4.98 Å². The van der Waals surface area contributed by atoms with E-state index >= 15 is 4.39 Å². The van der Waals surface area contributed by atoms with Crippen molar-refractivity contribution in [1.29, 1.82) is 0 Å². The SMILES string of the molecule is COc1c(C(=O)N(C)C[C@H]2CN(c3ccc(N4CCN(C(C)=O)CC4)c(F)c3)C(=O)O2)cnc2ccccc12. The first-order valence-corrected chi connectivity index (χ1v) is 12.7. The highest BCUT2D eigenvalue weighted by Gasteiger charge is 2.35. The molecule has 0 spiro atoms. The lowest BCUT2D eigenvalue weighted by Gasteiger charge is -2.35. The lowest BCUT2D eigenvalue weighted by Crippen LogP contribution is -2.48. The molecule has 3 heterocycles. The molecule has 3 aromatic rings. The molecule has 0 N–H and O–H groups in total. The number of hydrogen-bond acceptors (Lipinski definition) is 7. The van der Waals surface area contributed by atoms with Gasteiger partial charge in [0.2, 0.25) is 5.91 Å². The van der Waals surface area contributed by atoms with Crippen molar-refractivity contribution < 1.29 is 28.2 Å². The number of para-hydroxylation sites is 1. The number of anilines is 2. The fraction of sp³-hybridized carbons (Fsp3) is 0.357. The molecule has 39 heavy (non-hydrogen) atoms. The van der Waals surface area contributed by atoms with Gasteiger partial charge < -0.3 is 24.2 Å². The number of ether oxygens (including phenoxy) is 2. The van der Waals surface area contributed by atoms with Crippen LogP contribution in [0.2, 0.25) is 0 Å². The van der Waals surface area contributed by atoms with Gasteiger partial charge in [-0.3, -0.25) is 19.5 Å². The summed E-state index contributed by atoms with van der Waals surface area (Å²) in [6.07, 6.45) is 0.276. The largest absolute Gasteiger partial charge is 0.495 e. The van der Waals surface area contributed by atoms with Crippen molar-refractivity contribution in [3.63, 3.8) is 0 Å². The van der Waals surface area contributed by atoms with E-state index in [1.165, 1.54) is 36.1 Å². The van der Waals surface area contributed by atoms with Crippen molar-refractivity contribution in [2.75, 3.05) is 63.2 Å². The summed E-state index contributed by atoms with van der Waals surface area (Å²) >= 11 is 0. The standard InChI is InChI=1S/C28H30FN5O5/c1-18(35)32-10-12-33(13-11-32)25-9-8-19(14-23(25)29)34-17-20(39-28(34)37)16-31(2)27(36)22-15-30-24-7-5-4-6-21(24)26(22)38-3/h4-9,14-15,20H,10-13,16-17H2,1-3H3/t20-/m0/s1. The predicted octanol–water partition coefficient (Wildman–Crippen LogP) is 3.15. The Morgan fingerprint density at radius 1 is 1.15 bits per heavy atom. The summed E-state index contributed by atoms with van der Waals surface area (Å²) < 4.78 is 26.1. The van der Waals surface area contributed by atoms with Gasteiger partial charge in [0.25, 0.3) is 5.91 Å². The molecule has 5 rings (SSSR count). The van der Waals surface area contributed by atoms with E-state index in [-0.39, 0.29) is 24.9 Å². The second-order valence-corrected chi connectivity index (χ2v) is 9.65. The van der Waals surface area contributed by atoms with Crippen LogP contribution in [0.1, 0.15) is 17.3 Å². The second kappa shape index (κ2) is 10.8. The zero-order valence-corrected chi connectivity index (χ0v) is 22.1. The zero-order chi connectivity index (χ0) is 27.7. The summed E-state index contributed by atoms with van der Waals surface area (Å²) in [5.41, 5.74) is 1.82. The third-order valence-corrected chi connectivity index (χ3v) is 7.17. The number of benzene rings is 2. The number of carbonyl (C=O) groups is 3. The highest BCUT2D eigenvalue weighted by molar-refractivity contribution is 6.02. The van der Waals surface area contributed by atoms with Crippen LogP contribution in [0, 0.1) is 5.82 Å². The molecule has 2 aromatic carbocycles. The van der Waals surface area contributed by atoms with Gasteiger partial charge in [0.15, 0.2) is 0 Å². The Morgan fingerprint density at radius 2 is 1.90 bits per heavy atom. The molecule has 0 aliphatic carbocycles. The number of rotatable bonds is 6. The van der Waals surface area contributed by atoms with Gasteiger partial charge in [-0.05, 0) is 30.3 Å². The van der Waals surface area contributed by atoms with E-state index in [1.54, 1.807) is 24.1 Å². The van der Waals surface area contributed by atoms with Crippen molar-refractivity contribution in [1.82, 2.24) is 14.8 Å². The summed E-state index contributed by atoms with van der Waals surface area (Å²) in [6, 6.07) is 12.0. The second-order valence-electron chi connectivity index (χ2n) is 9.65. The van der Waals surface area contributed by atoms with Crippen molar-refractivity contribution >= 4 is 40.2 Å². The first-order valence-electron chi connectivity index (χ1n) is 12.7. The minimum Gasteiger partial charge on any atom is -0.495 e. The normalized spacial score (nSPS) is 17.4.